The number of benzene rings is 1. The molecule has 1 atom stereocenters. The van der Waals surface area contributed by atoms with Crippen molar-refractivity contribution in [2.75, 3.05) is 20.8 Å². The molecule has 152 valence electrons. The fourth-order valence-electron chi connectivity index (χ4n) is 2.84. The summed E-state index contributed by atoms with van der Waals surface area (Å²) in [5, 5.41) is 11.2. The molecule has 29 heavy (non-hydrogen) atoms. The van der Waals surface area contributed by atoms with Crippen LogP contribution in [0.2, 0.25) is 0 Å². The lowest BCUT2D eigenvalue weighted by atomic mass is 10.1. The molecule has 0 spiro atoms. The Hall–Kier alpha value is -3.62. The van der Waals surface area contributed by atoms with E-state index in [0.717, 1.165) is 10.2 Å². The number of methoxy groups -OCH3 is 2. The molecule has 1 amide bonds. The largest absolute Gasteiger partial charge is 0.493 e. The van der Waals surface area contributed by atoms with E-state index < -0.39 is 6.04 Å². The van der Waals surface area contributed by atoms with Gasteiger partial charge in [-0.05, 0) is 43.2 Å². The van der Waals surface area contributed by atoms with Crippen molar-refractivity contribution in [1.82, 2.24) is 24.9 Å². The molecule has 0 aliphatic rings. The normalized spacial score (nSPS) is 11.7. The van der Waals surface area contributed by atoms with Crippen LogP contribution in [-0.4, -0.2) is 46.2 Å². The van der Waals surface area contributed by atoms with Crippen molar-refractivity contribution in [3.63, 3.8) is 0 Å². The van der Waals surface area contributed by atoms with Crippen molar-refractivity contribution < 1.29 is 14.3 Å². The molecule has 0 bridgehead atoms. The highest BCUT2D eigenvalue weighted by atomic mass is 16.5. The summed E-state index contributed by atoms with van der Waals surface area (Å²) >= 11 is 0. The summed E-state index contributed by atoms with van der Waals surface area (Å²) in [6, 6.07) is 9.53. The van der Waals surface area contributed by atoms with E-state index in [9.17, 15) is 9.59 Å². The molecule has 0 saturated carbocycles. The number of ether oxygens (including phenoxy) is 2. The van der Waals surface area contributed by atoms with Gasteiger partial charge in [0.2, 0.25) is 5.91 Å². The Morgan fingerprint density at radius 3 is 2.66 bits per heavy atom. The summed E-state index contributed by atoms with van der Waals surface area (Å²) in [6.07, 6.45) is 3.93. The van der Waals surface area contributed by atoms with Gasteiger partial charge in [-0.1, -0.05) is 6.07 Å². The second-order valence-electron chi connectivity index (χ2n) is 6.33. The maximum atomic E-state index is 12.5. The zero-order valence-electron chi connectivity index (χ0n) is 16.5. The number of amides is 1. The molecule has 0 saturated heterocycles. The number of aromatic nitrogens is 4. The summed E-state index contributed by atoms with van der Waals surface area (Å²) < 4.78 is 13.2. The summed E-state index contributed by atoms with van der Waals surface area (Å²) in [5.74, 6) is 1.45. The lowest BCUT2D eigenvalue weighted by molar-refractivity contribution is -0.124. The van der Waals surface area contributed by atoms with E-state index in [-0.39, 0.29) is 11.5 Å². The van der Waals surface area contributed by atoms with Gasteiger partial charge in [0.15, 0.2) is 17.3 Å². The van der Waals surface area contributed by atoms with Gasteiger partial charge in [-0.2, -0.15) is 5.10 Å². The van der Waals surface area contributed by atoms with Gasteiger partial charge in [0.1, 0.15) is 6.04 Å². The number of carbonyl (C=O) groups is 1. The molecule has 0 fully saturated rings. The van der Waals surface area contributed by atoms with E-state index in [0.29, 0.717) is 30.3 Å². The lowest BCUT2D eigenvalue weighted by Crippen LogP contribution is -2.38. The Kier molecular flexibility index (Phi) is 6.28. The molecule has 3 aromatic rings. The number of carbonyl (C=O) groups excluding carboxylic acids is 1. The number of nitrogens with one attached hydrogen (secondary N) is 1. The van der Waals surface area contributed by atoms with Crippen LogP contribution < -0.4 is 20.3 Å². The van der Waals surface area contributed by atoms with Crippen molar-refractivity contribution in [2.24, 2.45) is 0 Å². The Balaban J connectivity index is 1.64. The second-order valence-corrected chi connectivity index (χ2v) is 6.33. The number of hydrogen-bond donors (Lipinski definition) is 1. The molecule has 1 aromatic carbocycles. The zero-order chi connectivity index (χ0) is 20.8. The summed E-state index contributed by atoms with van der Waals surface area (Å²) in [4.78, 5) is 24.7. The summed E-state index contributed by atoms with van der Waals surface area (Å²) in [5.41, 5.74) is 0.634. The minimum absolute atomic E-state index is 0.294. The van der Waals surface area contributed by atoms with Crippen LogP contribution in [0.15, 0.2) is 53.6 Å². The fraction of sp³-hybridized carbons (Fsp3) is 0.300. The Morgan fingerprint density at radius 2 is 1.97 bits per heavy atom. The predicted molar refractivity (Wildman–Crippen MR) is 107 cm³/mol. The van der Waals surface area contributed by atoms with Gasteiger partial charge in [0.25, 0.3) is 5.56 Å². The summed E-state index contributed by atoms with van der Waals surface area (Å²) in [7, 11) is 3.16. The first-order chi connectivity index (χ1) is 14.0. The van der Waals surface area contributed by atoms with Gasteiger partial charge < -0.3 is 14.8 Å². The first-order valence-corrected chi connectivity index (χ1v) is 9.12. The molecule has 2 heterocycles. The maximum absolute atomic E-state index is 12.5. The third-order valence-electron chi connectivity index (χ3n) is 4.46. The molecule has 0 radical (unpaired) electrons. The quantitative estimate of drug-likeness (QED) is 0.616. The average molecular weight is 397 g/mol. The maximum Gasteiger partial charge on any atom is 0.267 e. The van der Waals surface area contributed by atoms with E-state index >= 15 is 0 Å². The van der Waals surface area contributed by atoms with Gasteiger partial charge in [-0.25, -0.2) is 9.36 Å². The van der Waals surface area contributed by atoms with Crippen LogP contribution in [0.3, 0.4) is 0 Å². The molecule has 9 nitrogen and oxygen atoms in total. The van der Waals surface area contributed by atoms with Crippen LogP contribution in [0.25, 0.3) is 5.82 Å². The molecule has 9 heteroatoms. The molecule has 3 rings (SSSR count). The molecule has 1 N–H and O–H groups in total. The van der Waals surface area contributed by atoms with Gasteiger partial charge >= 0.3 is 0 Å². The lowest BCUT2D eigenvalue weighted by Gasteiger charge is -2.15. The van der Waals surface area contributed by atoms with Gasteiger partial charge in [-0.3, -0.25) is 9.59 Å². The van der Waals surface area contributed by atoms with E-state index in [2.05, 4.69) is 15.5 Å². The molecule has 1 unspecified atom stereocenters. The highest BCUT2D eigenvalue weighted by molar-refractivity contribution is 5.79. The average Bonchev–Trinajstić information content (AvgIpc) is 3.28. The third kappa shape index (κ3) is 4.63. The van der Waals surface area contributed by atoms with E-state index in [1.165, 1.54) is 10.7 Å². The Morgan fingerprint density at radius 1 is 1.17 bits per heavy atom. The van der Waals surface area contributed by atoms with Crippen molar-refractivity contribution >= 4 is 5.91 Å². The van der Waals surface area contributed by atoms with Crippen LogP contribution in [0.4, 0.5) is 0 Å². The molecular formula is C20H23N5O4. The minimum atomic E-state index is -0.761. The second kappa shape index (κ2) is 9.05. The predicted octanol–water partition coefficient (Wildman–Crippen LogP) is 1.37. The van der Waals surface area contributed by atoms with Crippen molar-refractivity contribution in [3.05, 3.63) is 64.7 Å². The molecular weight excluding hydrogens is 374 g/mol. The smallest absolute Gasteiger partial charge is 0.267 e. The Bertz CT molecular complexity index is 1030. The SMILES string of the molecule is COc1ccc(CCNC(=O)C(C)n2nc(-n3cccn3)ccc2=O)cc1OC. The van der Waals surface area contributed by atoms with Crippen LogP contribution in [0.5, 0.6) is 11.5 Å². The van der Waals surface area contributed by atoms with Crippen LogP contribution in [0.1, 0.15) is 18.5 Å². The van der Waals surface area contributed by atoms with Crippen LogP contribution in [0, 0.1) is 0 Å². The number of hydrogen-bond acceptors (Lipinski definition) is 6. The van der Waals surface area contributed by atoms with E-state index in [1.54, 1.807) is 45.7 Å². The minimum Gasteiger partial charge on any atom is -0.493 e. The first kappa shape index (κ1) is 20.1. The van der Waals surface area contributed by atoms with Gasteiger partial charge in [0, 0.05) is 25.0 Å². The fourth-order valence-corrected chi connectivity index (χ4v) is 2.84. The number of nitrogens with zero attached hydrogens (tertiary/aromatic N) is 4. The zero-order valence-corrected chi connectivity index (χ0v) is 16.5. The van der Waals surface area contributed by atoms with Gasteiger partial charge in [0.05, 0.1) is 14.2 Å². The highest BCUT2D eigenvalue weighted by Crippen LogP contribution is 2.27. The highest BCUT2D eigenvalue weighted by Gasteiger charge is 2.18. The van der Waals surface area contributed by atoms with Crippen molar-refractivity contribution in [1.29, 1.82) is 0 Å². The van der Waals surface area contributed by atoms with Crippen molar-refractivity contribution in [2.45, 2.75) is 19.4 Å². The third-order valence-corrected chi connectivity index (χ3v) is 4.46. The topological polar surface area (TPSA) is 100 Å². The Labute approximate surface area is 167 Å². The van der Waals surface area contributed by atoms with Crippen LogP contribution in [-0.2, 0) is 11.2 Å². The van der Waals surface area contributed by atoms with E-state index in [1.807, 2.05) is 18.2 Å². The molecule has 0 aliphatic heterocycles. The first-order valence-electron chi connectivity index (χ1n) is 9.12. The number of rotatable bonds is 8. The molecule has 0 aliphatic carbocycles. The standard InChI is InChI=1S/C20H23N5O4/c1-14(25-19(26)8-7-18(23-25)24-12-4-10-22-24)20(27)21-11-9-15-5-6-16(28-2)17(13-15)29-3/h4-8,10,12-14H,9,11H2,1-3H3,(H,21,27). The molecule has 2 aromatic heterocycles. The monoisotopic (exact) mass is 397 g/mol. The van der Waals surface area contributed by atoms with E-state index in [4.69, 9.17) is 9.47 Å². The van der Waals surface area contributed by atoms with Crippen LogP contribution >= 0.6 is 0 Å². The van der Waals surface area contributed by atoms with Crippen molar-refractivity contribution in [3.8, 4) is 17.3 Å². The summed E-state index contributed by atoms with van der Waals surface area (Å²) in [6.45, 7) is 2.04. The van der Waals surface area contributed by atoms with Gasteiger partial charge in [-0.15, -0.1) is 5.10 Å².